The molecule has 0 saturated heterocycles. The smallest absolute Gasteiger partial charge is 0.120 e. The lowest BCUT2D eigenvalue weighted by molar-refractivity contribution is 0.413. The number of benzene rings is 2. The molecule has 22 heavy (non-hydrogen) atoms. The van der Waals surface area contributed by atoms with E-state index >= 15 is 0 Å². The van der Waals surface area contributed by atoms with Crippen molar-refractivity contribution in [3.05, 3.63) is 70.8 Å². The number of ether oxygens (including phenoxy) is 1. The fourth-order valence-corrected chi connectivity index (χ4v) is 2.93. The second kappa shape index (κ2) is 7.95. The van der Waals surface area contributed by atoms with E-state index in [2.05, 4.69) is 56.1 Å². The summed E-state index contributed by atoms with van der Waals surface area (Å²) in [6.07, 6.45) is 0.997. The minimum Gasteiger partial charge on any atom is -0.497 e. The molecule has 3 heteroatoms. The monoisotopic (exact) mass is 313 g/mol. The molecule has 1 N–H and O–H groups in total. The van der Waals surface area contributed by atoms with Gasteiger partial charge in [-0.2, -0.15) is 0 Å². The van der Waals surface area contributed by atoms with Crippen molar-refractivity contribution in [1.82, 2.24) is 5.32 Å². The number of thioether (sulfide) groups is 1. The molecule has 0 unspecified atom stereocenters. The molecule has 0 heterocycles. The van der Waals surface area contributed by atoms with Crippen LogP contribution in [0.3, 0.4) is 0 Å². The van der Waals surface area contributed by atoms with Gasteiger partial charge >= 0.3 is 0 Å². The maximum Gasteiger partial charge on any atom is 0.120 e. The molecule has 0 atom stereocenters. The van der Waals surface area contributed by atoms with Crippen LogP contribution >= 0.6 is 11.8 Å². The van der Waals surface area contributed by atoms with Gasteiger partial charge in [-0.05, 0) is 43.5 Å². The number of methoxy groups -OCH3 is 1. The van der Waals surface area contributed by atoms with Crippen molar-refractivity contribution >= 4 is 11.8 Å². The molecule has 0 saturated carbocycles. The van der Waals surface area contributed by atoms with Crippen LogP contribution in [0.5, 0.6) is 5.75 Å². The first-order valence-corrected chi connectivity index (χ1v) is 8.21. The van der Waals surface area contributed by atoms with E-state index in [1.807, 2.05) is 12.1 Å². The summed E-state index contributed by atoms with van der Waals surface area (Å²) in [4.78, 5) is 1.17. The minimum atomic E-state index is 0.876. The van der Waals surface area contributed by atoms with Gasteiger partial charge in [-0.3, -0.25) is 0 Å². The van der Waals surface area contributed by atoms with E-state index < -0.39 is 0 Å². The lowest BCUT2D eigenvalue weighted by Crippen LogP contribution is -2.14. The van der Waals surface area contributed by atoms with Crippen LogP contribution in [-0.2, 0) is 6.42 Å². The lowest BCUT2D eigenvalue weighted by Gasteiger charge is -2.12. The summed E-state index contributed by atoms with van der Waals surface area (Å²) in [6, 6.07) is 14.8. The van der Waals surface area contributed by atoms with Gasteiger partial charge in [0.25, 0.3) is 0 Å². The number of aryl methyl sites for hydroxylation is 2. The first kappa shape index (κ1) is 16.5. The highest BCUT2D eigenvalue weighted by molar-refractivity contribution is 8.03. The topological polar surface area (TPSA) is 21.3 Å². The van der Waals surface area contributed by atoms with E-state index in [1.165, 1.54) is 21.6 Å². The molecular formula is C19H23NOS. The highest BCUT2D eigenvalue weighted by atomic mass is 32.2. The molecule has 2 rings (SSSR count). The third kappa shape index (κ3) is 4.85. The Hall–Kier alpha value is -1.87. The highest BCUT2D eigenvalue weighted by Crippen LogP contribution is 2.30. The van der Waals surface area contributed by atoms with Gasteiger partial charge in [-0.25, -0.2) is 0 Å². The van der Waals surface area contributed by atoms with Gasteiger partial charge in [-0.15, -0.1) is 0 Å². The Balaban J connectivity index is 1.84. The second-order valence-corrected chi connectivity index (χ2v) is 6.46. The van der Waals surface area contributed by atoms with E-state index in [0.717, 1.165) is 23.7 Å². The van der Waals surface area contributed by atoms with Crippen molar-refractivity contribution in [1.29, 1.82) is 0 Å². The van der Waals surface area contributed by atoms with Crippen LogP contribution in [-0.4, -0.2) is 13.7 Å². The van der Waals surface area contributed by atoms with Crippen molar-refractivity contribution in [2.75, 3.05) is 13.7 Å². The summed E-state index contributed by atoms with van der Waals surface area (Å²) in [6.45, 7) is 9.20. The summed E-state index contributed by atoms with van der Waals surface area (Å²) >= 11 is 1.65. The molecule has 0 aromatic heterocycles. The lowest BCUT2D eigenvalue weighted by atomic mass is 10.1. The second-order valence-electron chi connectivity index (χ2n) is 5.32. The summed E-state index contributed by atoms with van der Waals surface area (Å²) < 4.78 is 5.28. The molecule has 0 aliphatic heterocycles. The van der Waals surface area contributed by atoms with Gasteiger partial charge in [0.1, 0.15) is 5.75 Å². The fraction of sp³-hybridized carbons (Fsp3) is 0.263. The van der Waals surface area contributed by atoms with Gasteiger partial charge in [-0.1, -0.05) is 54.2 Å². The molecule has 0 radical (unpaired) electrons. The highest BCUT2D eigenvalue weighted by Gasteiger charge is 2.04. The normalized spacial score (nSPS) is 10.3. The van der Waals surface area contributed by atoms with Crippen LogP contribution in [0.25, 0.3) is 0 Å². The van der Waals surface area contributed by atoms with Crippen LogP contribution in [0.1, 0.15) is 16.7 Å². The quantitative estimate of drug-likeness (QED) is 0.748. The van der Waals surface area contributed by atoms with Crippen molar-refractivity contribution < 1.29 is 4.74 Å². The third-order valence-corrected chi connectivity index (χ3v) is 4.54. The number of hydrogen-bond acceptors (Lipinski definition) is 3. The molecule has 0 spiro atoms. The minimum absolute atomic E-state index is 0.876. The van der Waals surface area contributed by atoms with E-state index in [0.29, 0.717) is 0 Å². The molecular weight excluding hydrogens is 290 g/mol. The van der Waals surface area contributed by atoms with Gasteiger partial charge in [0.2, 0.25) is 0 Å². The molecule has 0 aliphatic carbocycles. The molecule has 116 valence electrons. The van der Waals surface area contributed by atoms with Gasteiger partial charge in [0.15, 0.2) is 0 Å². The van der Waals surface area contributed by atoms with Crippen LogP contribution in [0.2, 0.25) is 0 Å². The summed E-state index contributed by atoms with van der Waals surface area (Å²) in [5.41, 5.74) is 3.87. The van der Waals surface area contributed by atoms with Crippen molar-refractivity contribution in [2.24, 2.45) is 0 Å². The average Bonchev–Trinajstić information content (AvgIpc) is 2.51. The maximum atomic E-state index is 5.28. The van der Waals surface area contributed by atoms with E-state index in [1.54, 1.807) is 18.9 Å². The first-order chi connectivity index (χ1) is 10.6. The molecule has 2 aromatic carbocycles. The number of nitrogens with one attached hydrogen (secondary N) is 1. The van der Waals surface area contributed by atoms with Gasteiger partial charge in [0, 0.05) is 11.4 Å². The SMILES string of the molecule is C=C(NCCc1ccc(C)cc1)Sc1cc(OC)ccc1C. The number of hydrogen-bond donors (Lipinski definition) is 1. The van der Waals surface area contributed by atoms with Gasteiger partial charge in [0.05, 0.1) is 12.1 Å². The molecule has 0 bridgehead atoms. The molecule has 0 amide bonds. The average molecular weight is 313 g/mol. The molecule has 2 nitrogen and oxygen atoms in total. The summed E-state index contributed by atoms with van der Waals surface area (Å²) in [7, 11) is 1.69. The Labute approximate surface area is 137 Å². The molecule has 0 aliphatic rings. The molecule has 2 aromatic rings. The van der Waals surface area contributed by atoms with E-state index in [-0.39, 0.29) is 0 Å². The maximum absolute atomic E-state index is 5.28. The predicted molar refractivity (Wildman–Crippen MR) is 95.6 cm³/mol. The van der Waals surface area contributed by atoms with E-state index in [4.69, 9.17) is 4.74 Å². The zero-order chi connectivity index (χ0) is 15.9. The van der Waals surface area contributed by atoms with Crippen molar-refractivity contribution in [3.63, 3.8) is 0 Å². The Kier molecular flexibility index (Phi) is 5.96. The van der Waals surface area contributed by atoms with Crippen LogP contribution in [0.4, 0.5) is 0 Å². The van der Waals surface area contributed by atoms with Crippen molar-refractivity contribution in [2.45, 2.75) is 25.2 Å². The van der Waals surface area contributed by atoms with Gasteiger partial charge < -0.3 is 10.1 Å². The van der Waals surface area contributed by atoms with Crippen LogP contribution < -0.4 is 10.1 Å². The summed E-state index contributed by atoms with van der Waals surface area (Å²) in [5.74, 6) is 0.876. The number of rotatable bonds is 7. The summed E-state index contributed by atoms with van der Waals surface area (Å²) in [5, 5.41) is 4.35. The Bertz CT molecular complexity index is 634. The Morgan fingerprint density at radius 2 is 1.86 bits per heavy atom. The standard InChI is InChI=1S/C19H23NOS/c1-14-5-8-17(9-6-14)11-12-20-16(3)22-19-13-18(21-4)10-7-15(19)2/h5-10,13,20H,3,11-12H2,1-2,4H3. The Morgan fingerprint density at radius 3 is 2.55 bits per heavy atom. The third-order valence-electron chi connectivity index (χ3n) is 3.48. The predicted octanol–water partition coefficient (Wildman–Crippen LogP) is 4.71. The fourth-order valence-electron chi connectivity index (χ4n) is 2.09. The van der Waals surface area contributed by atoms with E-state index in [9.17, 15) is 0 Å². The van der Waals surface area contributed by atoms with Crippen LogP contribution in [0, 0.1) is 13.8 Å². The largest absolute Gasteiger partial charge is 0.497 e. The Morgan fingerprint density at radius 1 is 1.14 bits per heavy atom. The first-order valence-electron chi connectivity index (χ1n) is 7.39. The van der Waals surface area contributed by atoms with Crippen LogP contribution in [0.15, 0.2) is 59.0 Å². The zero-order valence-corrected chi connectivity index (χ0v) is 14.3. The molecule has 0 fully saturated rings. The zero-order valence-electron chi connectivity index (χ0n) is 13.5. The van der Waals surface area contributed by atoms with Crippen molar-refractivity contribution in [3.8, 4) is 5.75 Å².